The van der Waals surface area contributed by atoms with Gasteiger partial charge < -0.3 is 15.5 Å². The van der Waals surface area contributed by atoms with E-state index in [1.807, 2.05) is 25.6 Å². The molecule has 0 spiro atoms. The lowest BCUT2D eigenvalue weighted by Gasteiger charge is -2.25. The third-order valence-electron chi connectivity index (χ3n) is 5.28. The lowest BCUT2D eigenvalue weighted by Crippen LogP contribution is -2.43. The summed E-state index contributed by atoms with van der Waals surface area (Å²) in [5.74, 6) is -0.497. The van der Waals surface area contributed by atoms with Gasteiger partial charge in [-0.15, -0.1) is 24.0 Å². The molecule has 174 valence electrons. The van der Waals surface area contributed by atoms with Crippen molar-refractivity contribution in [1.82, 2.24) is 25.3 Å². The van der Waals surface area contributed by atoms with Gasteiger partial charge in [0.2, 0.25) is 0 Å². The SMILES string of the molecule is CCNC(=NCC(c1c(F)cccc1F)N(C)C)NC(C)Cc1c(C)nn(C)c1C.I. The molecule has 0 saturated heterocycles. The van der Waals surface area contributed by atoms with Crippen LogP contribution in [0.1, 0.15) is 42.4 Å². The number of hydrogen-bond donors (Lipinski definition) is 2. The van der Waals surface area contributed by atoms with Crippen molar-refractivity contribution in [2.24, 2.45) is 12.0 Å². The topological polar surface area (TPSA) is 57.5 Å². The highest BCUT2D eigenvalue weighted by atomic mass is 127. The summed E-state index contributed by atoms with van der Waals surface area (Å²) in [4.78, 5) is 6.40. The molecule has 0 amide bonds. The van der Waals surface area contributed by atoms with E-state index in [2.05, 4.69) is 34.6 Å². The highest BCUT2D eigenvalue weighted by Crippen LogP contribution is 2.24. The zero-order valence-electron chi connectivity index (χ0n) is 19.5. The summed E-state index contributed by atoms with van der Waals surface area (Å²) in [5, 5.41) is 11.1. The van der Waals surface area contributed by atoms with Crippen LogP contribution in [0.4, 0.5) is 8.78 Å². The largest absolute Gasteiger partial charge is 0.357 e. The molecule has 2 N–H and O–H groups in total. The van der Waals surface area contributed by atoms with E-state index < -0.39 is 17.7 Å². The smallest absolute Gasteiger partial charge is 0.191 e. The highest BCUT2D eigenvalue weighted by molar-refractivity contribution is 14.0. The lowest BCUT2D eigenvalue weighted by molar-refractivity contribution is 0.290. The molecule has 1 aromatic carbocycles. The summed E-state index contributed by atoms with van der Waals surface area (Å²) >= 11 is 0. The molecule has 1 heterocycles. The second kappa shape index (κ2) is 12.3. The predicted molar refractivity (Wildman–Crippen MR) is 133 cm³/mol. The van der Waals surface area contributed by atoms with Crippen LogP contribution in [0.3, 0.4) is 0 Å². The number of hydrogen-bond acceptors (Lipinski definition) is 3. The number of likely N-dealkylation sites (N-methyl/N-ethyl adjacent to an activating group) is 1. The normalized spacial score (nSPS) is 13.7. The van der Waals surface area contributed by atoms with Crippen LogP contribution in [0.2, 0.25) is 0 Å². The minimum atomic E-state index is -0.558. The van der Waals surface area contributed by atoms with Gasteiger partial charge in [0.25, 0.3) is 0 Å². The van der Waals surface area contributed by atoms with E-state index in [-0.39, 0.29) is 42.1 Å². The van der Waals surface area contributed by atoms with E-state index in [1.165, 1.54) is 23.8 Å². The van der Waals surface area contributed by atoms with E-state index in [4.69, 9.17) is 0 Å². The first-order chi connectivity index (χ1) is 14.1. The molecule has 0 radical (unpaired) electrons. The molecule has 0 aliphatic carbocycles. The maximum atomic E-state index is 14.3. The maximum absolute atomic E-state index is 14.3. The van der Waals surface area contributed by atoms with E-state index in [1.54, 1.807) is 19.0 Å². The molecule has 1 aromatic heterocycles. The number of nitrogens with one attached hydrogen (secondary N) is 2. The fraction of sp³-hybridized carbons (Fsp3) is 0.545. The third-order valence-corrected chi connectivity index (χ3v) is 5.28. The van der Waals surface area contributed by atoms with Crippen LogP contribution in [0.25, 0.3) is 0 Å². The molecule has 0 bridgehead atoms. The van der Waals surface area contributed by atoms with Crippen LogP contribution in [0, 0.1) is 25.5 Å². The monoisotopic (exact) mass is 548 g/mol. The summed E-state index contributed by atoms with van der Waals surface area (Å²) in [6, 6.07) is 3.53. The second-order valence-corrected chi connectivity index (χ2v) is 7.86. The predicted octanol–water partition coefficient (Wildman–Crippen LogP) is 3.72. The Morgan fingerprint density at radius 1 is 1.23 bits per heavy atom. The highest BCUT2D eigenvalue weighted by Gasteiger charge is 2.22. The molecule has 2 aromatic rings. The van der Waals surface area contributed by atoms with Crippen LogP contribution >= 0.6 is 24.0 Å². The Hall–Kier alpha value is -1.75. The lowest BCUT2D eigenvalue weighted by atomic mass is 10.0. The quantitative estimate of drug-likeness (QED) is 0.300. The first-order valence-electron chi connectivity index (χ1n) is 10.3. The van der Waals surface area contributed by atoms with Gasteiger partial charge >= 0.3 is 0 Å². The summed E-state index contributed by atoms with van der Waals surface area (Å²) in [7, 11) is 5.53. The van der Waals surface area contributed by atoms with Crippen molar-refractivity contribution in [3.05, 3.63) is 52.3 Å². The van der Waals surface area contributed by atoms with Gasteiger partial charge in [-0.2, -0.15) is 5.10 Å². The van der Waals surface area contributed by atoms with E-state index in [9.17, 15) is 8.78 Å². The Kier molecular flexibility index (Phi) is 10.9. The number of aliphatic imine (C=N–C) groups is 1. The van der Waals surface area contributed by atoms with Crippen LogP contribution in [-0.2, 0) is 13.5 Å². The molecule has 31 heavy (non-hydrogen) atoms. The van der Waals surface area contributed by atoms with Crippen molar-refractivity contribution in [3.63, 3.8) is 0 Å². The standard InChI is InChI=1S/C22H34F2N6.HI/c1-8-25-22(27-14(2)12-17-15(3)28-30(7)16(17)4)26-13-20(29(5)6)21-18(23)10-9-11-19(21)24;/h9-11,14,20H,8,12-13H2,1-7H3,(H2,25,26,27);1H. The number of benzene rings is 1. The molecule has 2 unspecified atom stereocenters. The number of nitrogens with zero attached hydrogens (tertiary/aromatic N) is 4. The van der Waals surface area contributed by atoms with Crippen molar-refractivity contribution in [2.45, 2.75) is 46.2 Å². The maximum Gasteiger partial charge on any atom is 0.191 e. The fourth-order valence-electron chi connectivity index (χ4n) is 3.54. The zero-order valence-corrected chi connectivity index (χ0v) is 21.8. The van der Waals surface area contributed by atoms with Gasteiger partial charge in [0, 0.05) is 30.9 Å². The van der Waals surface area contributed by atoms with Gasteiger partial charge in [0.1, 0.15) is 11.6 Å². The summed E-state index contributed by atoms with van der Waals surface area (Å²) in [6.07, 6.45) is 0.801. The Labute approximate surface area is 201 Å². The van der Waals surface area contributed by atoms with E-state index >= 15 is 0 Å². The number of rotatable bonds is 8. The Morgan fingerprint density at radius 3 is 2.32 bits per heavy atom. The molecular formula is C22H35F2IN6. The van der Waals surface area contributed by atoms with Crippen LogP contribution in [0.15, 0.2) is 23.2 Å². The van der Waals surface area contributed by atoms with Crippen LogP contribution in [0.5, 0.6) is 0 Å². The third kappa shape index (κ3) is 7.13. The molecule has 6 nitrogen and oxygen atoms in total. The first kappa shape index (κ1) is 27.3. The van der Waals surface area contributed by atoms with Crippen molar-refractivity contribution >= 4 is 29.9 Å². The fourth-order valence-corrected chi connectivity index (χ4v) is 3.54. The Morgan fingerprint density at radius 2 is 1.84 bits per heavy atom. The molecular weight excluding hydrogens is 513 g/mol. The minimum absolute atomic E-state index is 0. The van der Waals surface area contributed by atoms with Gasteiger partial charge in [-0.1, -0.05) is 6.07 Å². The van der Waals surface area contributed by atoms with Crippen LogP contribution in [-0.4, -0.2) is 53.9 Å². The second-order valence-electron chi connectivity index (χ2n) is 7.86. The summed E-state index contributed by atoms with van der Waals surface area (Å²) in [5.41, 5.74) is 3.42. The van der Waals surface area contributed by atoms with Crippen molar-refractivity contribution in [2.75, 3.05) is 27.2 Å². The van der Waals surface area contributed by atoms with E-state index in [0.29, 0.717) is 12.5 Å². The molecule has 2 atom stereocenters. The van der Waals surface area contributed by atoms with Crippen molar-refractivity contribution < 1.29 is 8.78 Å². The van der Waals surface area contributed by atoms with Gasteiger partial charge in [-0.25, -0.2) is 8.78 Å². The van der Waals surface area contributed by atoms with Crippen LogP contribution < -0.4 is 10.6 Å². The average Bonchev–Trinajstić information content (AvgIpc) is 2.89. The molecule has 0 aliphatic heterocycles. The van der Waals surface area contributed by atoms with E-state index in [0.717, 1.165) is 17.8 Å². The zero-order chi connectivity index (χ0) is 22.4. The minimum Gasteiger partial charge on any atom is -0.357 e. The van der Waals surface area contributed by atoms with Crippen molar-refractivity contribution in [3.8, 4) is 0 Å². The molecule has 0 aliphatic rings. The molecule has 9 heteroatoms. The number of aryl methyl sites for hydroxylation is 2. The Bertz CT molecular complexity index is 861. The summed E-state index contributed by atoms with van der Waals surface area (Å²) < 4.78 is 30.5. The van der Waals surface area contributed by atoms with Crippen molar-refractivity contribution in [1.29, 1.82) is 0 Å². The first-order valence-corrected chi connectivity index (χ1v) is 10.3. The van der Waals surface area contributed by atoms with Gasteiger partial charge in [-0.05, 0) is 65.9 Å². The number of guanidine groups is 1. The Balaban J connectivity index is 0.00000480. The summed E-state index contributed by atoms with van der Waals surface area (Å²) in [6.45, 7) is 9.04. The number of aromatic nitrogens is 2. The molecule has 0 fully saturated rings. The molecule has 0 saturated carbocycles. The average molecular weight is 548 g/mol. The van der Waals surface area contributed by atoms with Gasteiger partial charge in [0.05, 0.1) is 18.3 Å². The van der Waals surface area contributed by atoms with Gasteiger partial charge in [0.15, 0.2) is 5.96 Å². The molecule has 2 rings (SSSR count). The number of halogens is 3. The van der Waals surface area contributed by atoms with Gasteiger partial charge in [-0.3, -0.25) is 9.67 Å².